The molecule has 1 N–H and O–H groups in total. The van der Waals surface area contributed by atoms with Crippen LogP contribution in [0.5, 0.6) is 0 Å². The average Bonchev–Trinajstić information content (AvgIpc) is 2.99. The first-order valence-corrected chi connectivity index (χ1v) is 8.98. The van der Waals surface area contributed by atoms with Crippen molar-refractivity contribution in [3.63, 3.8) is 0 Å². The number of thioether (sulfide) groups is 1. The third kappa shape index (κ3) is 4.81. The molecule has 0 bridgehead atoms. The summed E-state index contributed by atoms with van der Waals surface area (Å²) >= 11 is 2.83. The van der Waals surface area contributed by atoms with Crippen molar-refractivity contribution in [2.75, 3.05) is 5.75 Å². The summed E-state index contributed by atoms with van der Waals surface area (Å²) in [7, 11) is 0. The van der Waals surface area contributed by atoms with Crippen molar-refractivity contribution in [3.05, 3.63) is 40.9 Å². The van der Waals surface area contributed by atoms with Gasteiger partial charge in [-0.3, -0.25) is 4.79 Å². The van der Waals surface area contributed by atoms with E-state index in [0.29, 0.717) is 5.75 Å². The number of nitrogens with zero attached hydrogens (tertiary/aromatic N) is 2. The Labute approximate surface area is 139 Å². The molecule has 0 saturated heterocycles. The molecule has 1 aromatic carbocycles. The third-order valence-corrected chi connectivity index (χ3v) is 4.82. The van der Waals surface area contributed by atoms with Crippen molar-refractivity contribution in [2.45, 2.75) is 44.0 Å². The molecule has 2 aromatic rings. The number of hydrogen-bond donors (Lipinski definition) is 1. The van der Waals surface area contributed by atoms with Crippen LogP contribution in [0.4, 0.5) is 0 Å². The molecule has 1 amide bonds. The lowest BCUT2D eigenvalue weighted by molar-refractivity contribution is -0.119. The Morgan fingerprint density at radius 3 is 2.55 bits per heavy atom. The Bertz CT molecular complexity index is 603. The second kappa shape index (κ2) is 7.24. The summed E-state index contributed by atoms with van der Waals surface area (Å²) in [5, 5.41) is 8.75. The zero-order chi connectivity index (χ0) is 16.2. The highest BCUT2D eigenvalue weighted by Crippen LogP contribution is 2.25. The van der Waals surface area contributed by atoms with Gasteiger partial charge in [0, 0.05) is 10.3 Å². The first-order valence-electron chi connectivity index (χ1n) is 7.16. The van der Waals surface area contributed by atoms with E-state index >= 15 is 0 Å². The van der Waals surface area contributed by atoms with Crippen LogP contribution in [0.1, 0.15) is 45.0 Å². The van der Waals surface area contributed by atoms with Crippen LogP contribution >= 0.6 is 23.3 Å². The third-order valence-electron chi connectivity index (χ3n) is 3.29. The fourth-order valence-electron chi connectivity index (χ4n) is 1.92. The van der Waals surface area contributed by atoms with Gasteiger partial charge in [-0.25, -0.2) is 0 Å². The number of hydrogen-bond acceptors (Lipinski definition) is 5. The maximum absolute atomic E-state index is 12.0. The van der Waals surface area contributed by atoms with E-state index in [1.165, 1.54) is 17.1 Å². The van der Waals surface area contributed by atoms with Gasteiger partial charge < -0.3 is 5.32 Å². The predicted molar refractivity (Wildman–Crippen MR) is 92.3 cm³/mol. The molecule has 6 heteroatoms. The molecule has 1 atom stereocenters. The summed E-state index contributed by atoms with van der Waals surface area (Å²) in [5.74, 6) is 0.405. The minimum atomic E-state index is -0.102. The summed E-state index contributed by atoms with van der Waals surface area (Å²) in [4.78, 5) is 13.1. The molecule has 0 aliphatic carbocycles. The Kier molecular flexibility index (Phi) is 5.58. The lowest BCUT2D eigenvalue weighted by Crippen LogP contribution is -2.28. The highest BCUT2D eigenvalue weighted by molar-refractivity contribution is 8.00. The minimum Gasteiger partial charge on any atom is -0.347 e. The fourth-order valence-corrected chi connectivity index (χ4v) is 3.18. The zero-order valence-electron chi connectivity index (χ0n) is 13.3. The van der Waals surface area contributed by atoms with Gasteiger partial charge in [-0.15, -0.1) is 16.9 Å². The van der Waals surface area contributed by atoms with E-state index in [1.54, 1.807) is 11.8 Å². The molecule has 4 nitrogen and oxygen atoms in total. The number of rotatable bonds is 5. The Hall–Kier alpha value is -1.40. The van der Waals surface area contributed by atoms with Crippen molar-refractivity contribution in [1.82, 2.24) is 14.9 Å². The van der Waals surface area contributed by atoms with E-state index in [9.17, 15) is 4.79 Å². The van der Waals surface area contributed by atoms with Crippen LogP contribution in [0.3, 0.4) is 0 Å². The lowest BCUT2D eigenvalue weighted by Gasteiger charge is -2.19. The van der Waals surface area contributed by atoms with Gasteiger partial charge >= 0.3 is 0 Å². The molecule has 1 aromatic heterocycles. The van der Waals surface area contributed by atoms with Gasteiger partial charge in [0.15, 0.2) is 0 Å². The molecular weight excluding hydrogens is 314 g/mol. The topological polar surface area (TPSA) is 54.9 Å². The second-order valence-electron chi connectivity index (χ2n) is 6.18. The average molecular weight is 335 g/mol. The summed E-state index contributed by atoms with van der Waals surface area (Å²) in [6.45, 7) is 8.49. The lowest BCUT2D eigenvalue weighted by atomic mass is 9.87. The molecule has 0 fully saturated rings. The van der Waals surface area contributed by atoms with Crippen LogP contribution in [-0.4, -0.2) is 21.2 Å². The molecule has 0 aliphatic heterocycles. The second-order valence-corrected chi connectivity index (χ2v) is 7.84. The van der Waals surface area contributed by atoms with E-state index in [0.717, 1.165) is 10.6 Å². The molecule has 0 saturated carbocycles. The fraction of sp³-hybridized carbons (Fsp3) is 0.438. The van der Waals surface area contributed by atoms with Gasteiger partial charge in [0.2, 0.25) is 5.91 Å². The number of nitrogens with one attached hydrogen (secondary N) is 1. The van der Waals surface area contributed by atoms with Gasteiger partial charge in [0.25, 0.3) is 0 Å². The van der Waals surface area contributed by atoms with Crippen molar-refractivity contribution in [1.29, 1.82) is 0 Å². The normalized spacial score (nSPS) is 12.9. The number of carbonyl (C=O) groups is 1. The van der Waals surface area contributed by atoms with E-state index in [4.69, 9.17) is 0 Å². The zero-order valence-corrected chi connectivity index (χ0v) is 14.9. The van der Waals surface area contributed by atoms with E-state index < -0.39 is 0 Å². The molecule has 0 radical (unpaired) electrons. The highest BCUT2D eigenvalue weighted by atomic mass is 32.2. The van der Waals surface area contributed by atoms with Gasteiger partial charge in [-0.2, -0.15) is 0 Å². The van der Waals surface area contributed by atoms with Crippen LogP contribution in [0.25, 0.3) is 0 Å². The molecule has 1 heterocycles. The Morgan fingerprint density at radius 2 is 2.00 bits per heavy atom. The molecule has 2 rings (SSSR count). The standard InChI is InChI=1S/C16H21N3OS2/c1-11(14-9-22-19-18-14)17-15(20)10-21-13-7-5-12(6-8-13)16(2,3)4/h5-9,11H,10H2,1-4H3,(H,17,20). The summed E-state index contributed by atoms with van der Waals surface area (Å²) < 4.78 is 3.81. The Balaban J connectivity index is 1.83. The van der Waals surface area contributed by atoms with Crippen molar-refractivity contribution < 1.29 is 4.79 Å². The molecule has 22 heavy (non-hydrogen) atoms. The summed E-state index contributed by atoms with van der Waals surface area (Å²) in [6.07, 6.45) is 0. The highest BCUT2D eigenvalue weighted by Gasteiger charge is 2.14. The first kappa shape index (κ1) is 17.0. The first-order chi connectivity index (χ1) is 10.4. The van der Waals surface area contributed by atoms with Crippen LogP contribution in [0.15, 0.2) is 34.5 Å². The van der Waals surface area contributed by atoms with Crippen molar-refractivity contribution in [2.24, 2.45) is 0 Å². The van der Waals surface area contributed by atoms with Crippen molar-refractivity contribution in [3.8, 4) is 0 Å². The van der Waals surface area contributed by atoms with Crippen LogP contribution in [-0.2, 0) is 10.2 Å². The van der Waals surface area contributed by atoms with Gasteiger partial charge in [-0.05, 0) is 41.6 Å². The Morgan fingerprint density at radius 1 is 1.32 bits per heavy atom. The molecular formula is C16H21N3OS2. The van der Waals surface area contributed by atoms with Gasteiger partial charge in [0.05, 0.1) is 17.5 Å². The molecule has 1 unspecified atom stereocenters. The maximum Gasteiger partial charge on any atom is 0.230 e. The van der Waals surface area contributed by atoms with E-state index in [1.807, 2.05) is 12.3 Å². The SMILES string of the molecule is CC(NC(=O)CSc1ccc(C(C)(C)C)cc1)c1csnn1. The number of aromatic nitrogens is 2. The minimum absolute atomic E-state index is 0.00500. The maximum atomic E-state index is 12.0. The number of amides is 1. The molecule has 0 aliphatic rings. The van der Waals surface area contributed by atoms with Crippen LogP contribution in [0.2, 0.25) is 0 Å². The van der Waals surface area contributed by atoms with Crippen molar-refractivity contribution >= 4 is 29.2 Å². The van der Waals surface area contributed by atoms with E-state index in [2.05, 4.69) is 59.9 Å². The van der Waals surface area contributed by atoms with Crippen LogP contribution in [0, 0.1) is 0 Å². The quantitative estimate of drug-likeness (QED) is 0.844. The predicted octanol–water partition coefficient (Wildman–Crippen LogP) is 3.81. The smallest absolute Gasteiger partial charge is 0.230 e. The summed E-state index contributed by atoms with van der Waals surface area (Å²) in [6, 6.07) is 8.31. The largest absolute Gasteiger partial charge is 0.347 e. The van der Waals surface area contributed by atoms with Gasteiger partial charge in [-0.1, -0.05) is 37.4 Å². The monoisotopic (exact) mass is 335 g/mol. The van der Waals surface area contributed by atoms with Crippen LogP contribution < -0.4 is 5.32 Å². The molecule has 0 spiro atoms. The van der Waals surface area contributed by atoms with Gasteiger partial charge in [0.1, 0.15) is 0 Å². The van der Waals surface area contributed by atoms with E-state index in [-0.39, 0.29) is 17.4 Å². The molecule has 118 valence electrons. The number of carbonyl (C=O) groups excluding carboxylic acids is 1. The summed E-state index contributed by atoms with van der Waals surface area (Å²) in [5.41, 5.74) is 2.25. The number of benzene rings is 1.